The second kappa shape index (κ2) is 3.95. The molecule has 1 aliphatic carbocycles. The highest BCUT2D eigenvalue weighted by molar-refractivity contribution is 5.57. The molecular weight excluding hydrogens is 196 g/mol. The maximum absolute atomic E-state index is 5.89. The van der Waals surface area contributed by atoms with Crippen molar-refractivity contribution in [2.45, 2.75) is 18.9 Å². The second-order valence-corrected chi connectivity index (χ2v) is 4.87. The van der Waals surface area contributed by atoms with E-state index in [1.807, 2.05) is 0 Å². The maximum Gasteiger partial charge on any atom is 0.0399 e. The number of hydrogen-bond donors (Lipinski definition) is 1. The molecule has 0 bridgehead atoms. The Kier molecular flexibility index (Phi) is 2.44. The van der Waals surface area contributed by atoms with Crippen LogP contribution < -0.4 is 10.6 Å². The van der Waals surface area contributed by atoms with Crippen LogP contribution in [0.5, 0.6) is 0 Å². The molecule has 2 nitrogen and oxygen atoms in total. The average molecular weight is 214 g/mol. The van der Waals surface area contributed by atoms with Crippen molar-refractivity contribution in [3.05, 3.63) is 42.0 Å². The quantitative estimate of drug-likeness (QED) is 0.762. The minimum Gasteiger partial charge on any atom is -0.370 e. The van der Waals surface area contributed by atoms with Gasteiger partial charge in [0, 0.05) is 24.8 Å². The van der Waals surface area contributed by atoms with E-state index in [4.69, 9.17) is 5.73 Å². The summed E-state index contributed by atoms with van der Waals surface area (Å²) in [6, 6.07) is 9.02. The standard InChI is InChI=1S/C14H18N2/c15-13-6-5-11(9-13)10-16-8-7-12-3-1-2-4-14(12)16/h1-6,11,13H,7-10,15H2. The van der Waals surface area contributed by atoms with Crippen molar-refractivity contribution >= 4 is 5.69 Å². The normalized spacial score (nSPS) is 27.4. The fraction of sp³-hybridized carbons (Fsp3) is 0.429. The highest BCUT2D eigenvalue weighted by Gasteiger charge is 2.23. The predicted octanol–water partition coefficient (Wildman–Crippen LogP) is 1.95. The van der Waals surface area contributed by atoms with Crippen LogP contribution in [0, 0.1) is 5.92 Å². The molecule has 3 rings (SSSR count). The first kappa shape index (κ1) is 9.91. The molecule has 2 aliphatic rings. The summed E-state index contributed by atoms with van der Waals surface area (Å²) in [6.07, 6.45) is 6.73. The number of para-hydroxylation sites is 1. The summed E-state index contributed by atoms with van der Waals surface area (Å²) < 4.78 is 0. The van der Waals surface area contributed by atoms with Gasteiger partial charge in [0.25, 0.3) is 0 Å². The fourth-order valence-corrected chi connectivity index (χ4v) is 2.82. The van der Waals surface area contributed by atoms with Gasteiger partial charge >= 0.3 is 0 Å². The molecule has 0 spiro atoms. The molecule has 0 saturated carbocycles. The van der Waals surface area contributed by atoms with Gasteiger partial charge in [-0.1, -0.05) is 30.4 Å². The van der Waals surface area contributed by atoms with Crippen LogP contribution in [0.15, 0.2) is 36.4 Å². The Morgan fingerprint density at radius 2 is 2.12 bits per heavy atom. The lowest BCUT2D eigenvalue weighted by Crippen LogP contribution is -2.27. The fourth-order valence-electron chi connectivity index (χ4n) is 2.82. The van der Waals surface area contributed by atoms with Gasteiger partial charge in [-0.3, -0.25) is 0 Å². The molecule has 0 amide bonds. The van der Waals surface area contributed by atoms with E-state index >= 15 is 0 Å². The number of fused-ring (bicyclic) bond motifs is 1. The molecule has 0 aromatic heterocycles. The number of rotatable bonds is 2. The predicted molar refractivity (Wildman–Crippen MR) is 67.6 cm³/mol. The first-order valence-electron chi connectivity index (χ1n) is 6.10. The van der Waals surface area contributed by atoms with Gasteiger partial charge in [-0.2, -0.15) is 0 Å². The molecule has 2 unspecified atom stereocenters. The third kappa shape index (κ3) is 1.74. The van der Waals surface area contributed by atoms with E-state index in [0.717, 1.165) is 13.0 Å². The molecule has 1 aliphatic heterocycles. The zero-order chi connectivity index (χ0) is 11.0. The monoisotopic (exact) mass is 214 g/mol. The van der Waals surface area contributed by atoms with Crippen LogP contribution in [0.2, 0.25) is 0 Å². The summed E-state index contributed by atoms with van der Waals surface area (Å²) in [5.41, 5.74) is 8.81. The number of anilines is 1. The first-order valence-corrected chi connectivity index (χ1v) is 6.10. The second-order valence-electron chi connectivity index (χ2n) is 4.87. The Morgan fingerprint density at radius 3 is 2.94 bits per heavy atom. The molecule has 16 heavy (non-hydrogen) atoms. The summed E-state index contributed by atoms with van der Waals surface area (Å²) >= 11 is 0. The van der Waals surface area contributed by atoms with Crippen LogP contribution in [0.3, 0.4) is 0 Å². The van der Waals surface area contributed by atoms with Gasteiger partial charge in [0.05, 0.1) is 0 Å². The van der Waals surface area contributed by atoms with Gasteiger partial charge in [0.15, 0.2) is 0 Å². The van der Waals surface area contributed by atoms with E-state index in [0.29, 0.717) is 5.92 Å². The van der Waals surface area contributed by atoms with Crippen molar-refractivity contribution < 1.29 is 0 Å². The van der Waals surface area contributed by atoms with Crippen molar-refractivity contribution in [3.63, 3.8) is 0 Å². The number of benzene rings is 1. The van der Waals surface area contributed by atoms with Crippen LogP contribution in [-0.2, 0) is 6.42 Å². The summed E-state index contributed by atoms with van der Waals surface area (Å²) in [6.45, 7) is 2.29. The lowest BCUT2D eigenvalue weighted by atomic mass is 10.1. The molecule has 1 heterocycles. The topological polar surface area (TPSA) is 29.3 Å². The highest BCUT2D eigenvalue weighted by Crippen LogP contribution is 2.29. The molecule has 2 N–H and O–H groups in total. The smallest absolute Gasteiger partial charge is 0.0399 e. The van der Waals surface area contributed by atoms with Gasteiger partial charge in [-0.25, -0.2) is 0 Å². The van der Waals surface area contributed by atoms with Crippen LogP contribution in [0.4, 0.5) is 5.69 Å². The van der Waals surface area contributed by atoms with E-state index in [2.05, 4.69) is 41.3 Å². The zero-order valence-electron chi connectivity index (χ0n) is 9.47. The van der Waals surface area contributed by atoms with Crippen molar-refractivity contribution in [3.8, 4) is 0 Å². The van der Waals surface area contributed by atoms with Crippen molar-refractivity contribution in [2.75, 3.05) is 18.0 Å². The van der Waals surface area contributed by atoms with Crippen LogP contribution in [-0.4, -0.2) is 19.1 Å². The van der Waals surface area contributed by atoms with E-state index in [1.54, 1.807) is 0 Å². The van der Waals surface area contributed by atoms with E-state index in [-0.39, 0.29) is 6.04 Å². The van der Waals surface area contributed by atoms with Crippen LogP contribution in [0.1, 0.15) is 12.0 Å². The molecule has 1 aromatic carbocycles. The largest absolute Gasteiger partial charge is 0.370 e. The maximum atomic E-state index is 5.89. The van der Waals surface area contributed by atoms with E-state index in [1.165, 1.54) is 24.2 Å². The SMILES string of the molecule is NC1C=CC(CN2CCc3ccccc32)C1. The van der Waals surface area contributed by atoms with Crippen LogP contribution in [0.25, 0.3) is 0 Å². The molecule has 0 saturated heterocycles. The minimum atomic E-state index is 0.280. The Morgan fingerprint density at radius 1 is 1.25 bits per heavy atom. The van der Waals surface area contributed by atoms with Gasteiger partial charge in [0.2, 0.25) is 0 Å². The molecule has 2 atom stereocenters. The van der Waals surface area contributed by atoms with Gasteiger partial charge in [-0.15, -0.1) is 0 Å². The molecule has 84 valence electrons. The molecule has 0 radical (unpaired) electrons. The Hall–Kier alpha value is -1.28. The summed E-state index contributed by atoms with van der Waals surface area (Å²) in [5.74, 6) is 0.640. The summed E-state index contributed by atoms with van der Waals surface area (Å²) in [4.78, 5) is 2.50. The third-order valence-corrected chi connectivity index (χ3v) is 3.64. The first-order chi connectivity index (χ1) is 7.83. The number of nitrogens with zero attached hydrogens (tertiary/aromatic N) is 1. The third-order valence-electron chi connectivity index (χ3n) is 3.64. The number of nitrogens with two attached hydrogens (primary N) is 1. The van der Waals surface area contributed by atoms with Crippen LogP contribution >= 0.6 is 0 Å². The lowest BCUT2D eigenvalue weighted by Gasteiger charge is -2.22. The molecule has 1 aromatic rings. The summed E-state index contributed by atoms with van der Waals surface area (Å²) in [5, 5.41) is 0. The van der Waals surface area contributed by atoms with Crippen molar-refractivity contribution in [1.82, 2.24) is 0 Å². The Bertz CT molecular complexity index is 411. The molecular formula is C14H18N2. The van der Waals surface area contributed by atoms with Gasteiger partial charge in [0.1, 0.15) is 0 Å². The Labute approximate surface area is 96.7 Å². The Balaban J connectivity index is 1.72. The minimum absolute atomic E-state index is 0.280. The van der Waals surface area contributed by atoms with Crippen molar-refractivity contribution in [2.24, 2.45) is 11.7 Å². The molecule has 2 heteroatoms. The van der Waals surface area contributed by atoms with E-state index in [9.17, 15) is 0 Å². The number of hydrogen-bond acceptors (Lipinski definition) is 2. The highest BCUT2D eigenvalue weighted by atomic mass is 15.1. The molecule has 0 fully saturated rings. The average Bonchev–Trinajstić information content (AvgIpc) is 2.87. The van der Waals surface area contributed by atoms with Gasteiger partial charge < -0.3 is 10.6 Å². The van der Waals surface area contributed by atoms with Crippen molar-refractivity contribution in [1.29, 1.82) is 0 Å². The van der Waals surface area contributed by atoms with Gasteiger partial charge in [-0.05, 0) is 30.4 Å². The summed E-state index contributed by atoms with van der Waals surface area (Å²) in [7, 11) is 0. The van der Waals surface area contributed by atoms with E-state index < -0.39 is 0 Å². The lowest BCUT2D eigenvalue weighted by molar-refractivity contribution is 0.577. The zero-order valence-corrected chi connectivity index (χ0v) is 9.47.